The lowest BCUT2D eigenvalue weighted by Crippen LogP contribution is -2.50. The highest BCUT2D eigenvalue weighted by Gasteiger charge is 2.40. The summed E-state index contributed by atoms with van der Waals surface area (Å²) in [7, 11) is 0. The first-order valence-corrected chi connectivity index (χ1v) is 8.20. The summed E-state index contributed by atoms with van der Waals surface area (Å²) >= 11 is 0. The average Bonchev–Trinajstić information content (AvgIpc) is 3.42. The topological polar surface area (TPSA) is 65.5 Å². The van der Waals surface area contributed by atoms with Gasteiger partial charge in [-0.1, -0.05) is 12.1 Å². The van der Waals surface area contributed by atoms with Crippen molar-refractivity contribution in [3.63, 3.8) is 0 Å². The van der Waals surface area contributed by atoms with Crippen LogP contribution in [0.25, 0.3) is 0 Å². The van der Waals surface area contributed by atoms with Gasteiger partial charge in [0.2, 0.25) is 0 Å². The molecule has 3 aromatic heterocycles. The largest absolute Gasteiger partial charge is 0.385 e. The molecule has 0 spiro atoms. The van der Waals surface area contributed by atoms with Gasteiger partial charge in [0.1, 0.15) is 0 Å². The van der Waals surface area contributed by atoms with E-state index in [1.165, 1.54) is 0 Å². The molecule has 7 heteroatoms. The predicted molar refractivity (Wildman–Crippen MR) is 95.2 cm³/mol. The number of anilines is 1. The number of aromatic nitrogens is 6. The number of rotatable bonds is 6. The van der Waals surface area contributed by atoms with Gasteiger partial charge in [-0.2, -0.15) is 15.3 Å². The third-order valence-electron chi connectivity index (χ3n) is 4.12. The molecule has 25 heavy (non-hydrogen) atoms. The van der Waals surface area contributed by atoms with E-state index in [1.807, 2.05) is 50.8 Å². The van der Waals surface area contributed by atoms with Crippen molar-refractivity contribution in [3.05, 3.63) is 85.2 Å². The van der Waals surface area contributed by atoms with Crippen molar-refractivity contribution in [1.29, 1.82) is 0 Å². The van der Waals surface area contributed by atoms with E-state index in [-0.39, 0.29) is 0 Å². The molecule has 0 aliphatic heterocycles. The molecule has 3 heterocycles. The monoisotopic (exact) mass is 333 g/mol. The van der Waals surface area contributed by atoms with E-state index in [2.05, 4.69) is 51.8 Å². The molecule has 0 atom stereocenters. The Hall–Kier alpha value is -3.35. The molecule has 0 radical (unpaired) electrons. The Bertz CT molecular complexity index is 807. The predicted octanol–water partition coefficient (Wildman–Crippen LogP) is 2.46. The highest BCUT2D eigenvalue weighted by molar-refractivity contribution is 5.46. The molecule has 0 fully saturated rings. The maximum Gasteiger partial charge on any atom is 0.276 e. The molecule has 126 valence electrons. The molecule has 0 saturated heterocycles. The first kappa shape index (κ1) is 15.2. The van der Waals surface area contributed by atoms with Crippen LogP contribution in [-0.4, -0.2) is 35.9 Å². The van der Waals surface area contributed by atoms with Crippen LogP contribution in [0.4, 0.5) is 5.69 Å². The van der Waals surface area contributed by atoms with E-state index in [0.717, 1.165) is 17.8 Å². The Morgan fingerprint density at radius 1 is 0.800 bits per heavy atom. The van der Waals surface area contributed by atoms with Crippen molar-refractivity contribution in [2.24, 2.45) is 0 Å². The highest BCUT2D eigenvalue weighted by Crippen LogP contribution is 2.29. The maximum atomic E-state index is 4.52. The molecular formula is C18H19N7. The van der Waals surface area contributed by atoms with Crippen LogP contribution >= 0.6 is 0 Å². The SMILES string of the molecule is CCNc1ccc(C(n2cccn2)(n2cccn2)n2cccn2)cc1. The molecule has 0 aliphatic rings. The zero-order valence-electron chi connectivity index (χ0n) is 13.9. The average molecular weight is 333 g/mol. The second-order valence-corrected chi connectivity index (χ2v) is 5.59. The van der Waals surface area contributed by atoms with Crippen LogP contribution in [0.5, 0.6) is 0 Å². The Balaban J connectivity index is 1.98. The Morgan fingerprint density at radius 2 is 1.28 bits per heavy atom. The molecular weight excluding hydrogens is 314 g/mol. The second kappa shape index (κ2) is 6.27. The summed E-state index contributed by atoms with van der Waals surface area (Å²) in [6.07, 6.45) is 11.0. The third kappa shape index (κ3) is 2.40. The Morgan fingerprint density at radius 3 is 1.64 bits per heavy atom. The quantitative estimate of drug-likeness (QED) is 0.589. The van der Waals surface area contributed by atoms with Gasteiger partial charge in [0.05, 0.1) is 0 Å². The number of hydrogen-bond donors (Lipinski definition) is 1. The Labute approximate surface area is 145 Å². The summed E-state index contributed by atoms with van der Waals surface area (Å²) in [5.74, 6) is -0.860. The van der Waals surface area contributed by atoms with Gasteiger partial charge in [-0.05, 0) is 37.3 Å². The lowest BCUT2D eigenvalue weighted by molar-refractivity contribution is 0.169. The van der Waals surface area contributed by atoms with Crippen molar-refractivity contribution in [2.45, 2.75) is 12.7 Å². The van der Waals surface area contributed by atoms with Crippen LogP contribution < -0.4 is 5.32 Å². The number of benzene rings is 1. The van der Waals surface area contributed by atoms with E-state index in [0.29, 0.717) is 0 Å². The smallest absolute Gasteiger partial charge is 0.276 e. The van der Waals surface area contributed by atoms with E-state index < -0.39 is 5.79 Å². The minimum atomic E-state index is -0.860. The van der Waals surface area contributed by atoms with E-state index in [1.54, 1.807) is 18.6 Å². The number of nitrogens with one attached hydrogen (secondary N) is 1. The van der Waals surface area contributed by atoms with E-state index >= 15 is 0 Å². The molecule has 1 aromatic carbocycles. The first-order chi connectivity index (χ1) is 12.4. The molecule has 0 bridgehead atoms. The lowest BCUT2D eigenvalue weighted by Gasteiger charge is -2.35. The molecule has 4 aromatic rings. The van der Waals surface area contributed by atoms with Crippen LogP contribution in [0.1, 0.15) is 12.5 Å². The Kier molecular flexibility index (Phi) is 3.81. The number of nitrogens with zero attached hydrogens (tertiary/aromatic N) is 6. The fourth-order valence-corrected chi connectivity index (χ4v) is 3.09. The van der Waals surface area contributed by atoms with Crippen molar-refractivity contribution < 1.29 is 0 Å². The van der Waals surface area contributed by atoms with Crippen molar-refractivity contribution in [2.75, 3.05) is 11.9 Å². The first-order valence-electron chi connectivity index (χ1n) is 8.20. The van der Waals surface area contributed by atoms with Crippen LogP contribution in [0.3, 0.4) is 0 Å². The van der Waals surface area contributed by atoms with Crippen molar-refractivity contribution in [3.8, 4) is 0 Å². The van der Waals surface area contributed by atoms with Gasteiger partial charge >= 0.3 is 0 Å². The summed E-state index contributed by atoms with van der Waals surface area (Å²) in [4.78, 5) is 0. The van der Waals surface area contributed by atoms with Crippen LogP contribution in [0.15, 0.2) is 79.6 Å². The van der Waals surface area contributed by atoms with Crippen LogP contribution in [-0.2, 0) is 5.79 Å². The van der Waals surface area contributed by atoms with E-state index in [4.69, 9.17) is 0 Å². The molecule has 7 nitrogen and oxygen atoms in total. The third-order valence-corrected chi connectivity index (χ3v) is 4.12. The maximum absolute atomic E-state index is 4.52. The molecule has 0 aliphatic carbocycles. The fraction of sp³-hybridized carbons (Fsp3) is 0.167. The van der Waals surface area contributed by atoms with Gasteiger partial charge in [-0.15, -0.1) is 0 Å². The molecule has 4 rings (SSSR count). The molecule has 0 amide bonds. The summed E-state index contributed by atoms with van der Waals surface area (Å²) in [5.41, 5.74) is 2.06. The minimum absolute atomic E-state index is 0.860. The molecule has 0 unspecified atom stereocenters. The summed E-state index contributed by atoms with van der Waals surface area (Å²) in [5, 5.41) is 16.9. The van der Waals surface area contributed by atoms with Crippen molar-refractivity contribution >= 4 is 5.69 Å². The zero-order valence-corrected chi connectivity index (χ0v) is 13.9. The number of hydrogen-bond acceptors (Lipinski definition) is 4. The summed E-state index contributed by atoms with van der Waals surface area (Å²) < 4.78 is 5.57. The minimum Gasteiger partial charge on any atom is -0.385 e. The normalized spacial score (nSPS) is 11.6. The van der Waals surface area contributed by atoms with Crippen molar-refractivity contribution in [1.82, 2.24) is 29.3 Å². The van der Waals surface area contributed by atoms with Gasteiger partial charge in [-0.25, -0.2) is 14.0 Å². The molecule has 0 saturated carbocycles. The lowest BCUT2D eigenvalue weighted by atomic mass is 10.1. The van der Waals surface area contributed by atoms with Gasteiger partial charge in [0.25, 0.3) is 5.79 Å². The van der Waals surface area contributed by atoms with Gasteiger partial charge in [-0.3, -0.25) is 0 Å². The zero-order chi connectivity index (χ0) is 17.1. The van der Waals surface area contributed by atoms with E-state index in [9.17, 15) is 0 Å². The van der Waals surface area contributed by atoms with Gasteiger partial charge in [0, 0.05) is 55.0 Å². The van der Waals surface area contributed by atoms with Gasteiger partial charge < -0.3 is 5.32 Å². The molecule has 1 N–H and O–H groups in total. The standard InChI is InChI=1S/C18H19N7/c1-2-19-17-8-6-16(7-9-17)18(23-13-3-10-20-23,24-14-4-11-21-24)25-15-5-12-22-25/h3-15,19H,2H2,1H3. The highest BCUT2D eigenvalue weighted by atomic mass is 15.6. The second-order valence-electron chi connectivity index (χ2n) is 5.59. The van der Waals surface area contributed by atoms with Crippen LogP contribution in [0.2, 0.25) is 0 Å². The van der Waals surface area contributed by atoms with Crippen LogP contribution in [0, 0.1) is 0 Å². The fourth-order valence-electron chi connectivity index (χ4n) is 3.09. The summed E-state index contributed by atoms with van der Waals surface area (Å²) in [6, 6.07) is 14.0. The van der Waals surface area contributed by atoms with Gasteiger partial charge in [0.15, 0.2) is 0 Å². The summed E-state index contributed by atoms with van der Waals surface area (Å²) in [6.45, 7) is 2.96.